The van der Waals surface area contributed by atoms with Crippen LogP contribution in [0.25, 0.3) is 0 Å². The first-order chi connectivity index (χ1) is 10.2. The predicted octanol–water partition coefficient (Wildman–Crippen LogP) is 2.77. The number of ether oxygens (including phenoxy) is 2. The molecule has 1 saturated carbocycles. The van der Waals surface area contributed by atoms with Gasteiger partial charge >= 0.3 is 0 Å². The van der Waals surface area contributed by atoms with Crippen molar-refractivity contribution in [3.63, 3.8) is 0 Å². The van der Waals surface area contributed by atoms with E-state index in [1.54, 1.807) is 0 Å². The monoisotopic (exact) mass is 291 g/mol. The van der Waals surface area contributed by atoms with Crippen LogP contribution in [-0.2, 0) is 4.74 Å². The van der Waals surface area contributed by atoms with E-state index in [-0.39, 0.29) is 0 Å². The van der Waals surface area contributed by atoms with Crippen LogP contribution in [0.5, 0.6) is 5.88 Å². The van der Waals surface area contributed by atoms with E-state index >= 15 is 0 Å². The molecule has 0 radical (unpaired) electrons. The number of anilines is 1. The Morgan fingerprint density at radius 1 is 1.29 bits per heavy atom. The number of aromatic nitrogens is 2. The van der Waals surface area contributed by atoms with Gasteiger partial charge in [-0.3, -0.25) is 0 Å². The highest BCUT2D eigenvalue weighted by Crippen LogP contribution is 2.38. The molecule has 3 rings (SSSR count). The van der Waals surface area contributed by atoms with Crippen LogP contribution >= 0.6 is 0 Å². The molecule has 1 aromatic heterocycles. The van der Waals surface area contributed by atoms with Crippen LogP contribution in [0.3, 0.4) is 0 Å². The van der Waals surface area contributed by atoms with E-state index in [0.29, 0.717) is 30.3 Å². The van der Waals surface area contributed by atoms with E-state index in [9.17, 15) is 0 Å². The summed E-state index contributed by atoms with van der Waals surface area (Å²) in [4.78, 5) is 8.51. The first kappa shape index (κ1) is 14.6. The number of nitrogen functional groups attached to an aromatic ring is 1. The molecule has 1 atom stereocenters. The molecule has 0 spiro atoms. The lowest BCUT2D eigenvalue weighted by Gasteiger charge is -2.27. The lowest BCUT2D eigenvalue weighted by molar-refractivity contribution is 0.164. The molecule has 0 bridgehead atoms. The molecular formula is C16H25N3O2. The molecule has 2 fully saturated rings. The largest absolute Gasteiger partial charge is 0.477 e. The van der Waals surface area contributed by atoms with E-state index in [1.807, 2.05) is 6.20 Å². The van der Waals surface area contributed by atoms with Crippen molar-refractivity contribution in [2.45, 2.75) is 44.9 Å². The standard InChI is InChI=1S/C16H25N3O2/c1-11-2-4-13(5-3-11)14-8-18-16(17)19-15(14)21-10-12-6-7-20-9-12/h8,11-13H,2-7,9-10H2,1H3,(H2,17,18,19). The number of hydrogen-bond donors (Lipinski definition) is 1. The fourth-order valence-electron chi connectivity index (χ4n) is 3.27. The van der Waals surface area contributed by atoms with Gasteiger partial charge in [0.15, 0.2) is 0 Å². The fraction of sp³-hybridized carbons (Fsp3) is 0.750. The Morgan fingerprint density at radius 3 is 2.81 bits per heavy atom. The normalized spacial score (nSPS) is 29.5. The molecule has 0 aromatic carbocycles. The molecule has 1 aliphatic heterocycles. The Morgan fingerprint density at radius 2 is 2.10 bits per heavy atom. The van der Waals surface area contributed by atoms with Crippen LogP contribution in [-0.4, -0.2) is 29.8 Å². The van der Waals surface area contributed by atoms with Gasteiger partial charge in [-0.25, -0.2) is 4.98 Å². The van der Waals surface area contributed by atoms with Crippen LogP contribution in [0, 0.1) is 11.8 Å². The van der Waals surface area contributed by atoms with Gasteiger partial charge in [-0.05, 0) is 31.1 Å². The third-order valence-corrected chi connectivity index (χ3v) is 4.73. The summed E-state index contributed by atoms with van der Waals surface area (Å²) in [5.41, 5.74) is 6.87. The highest BCUT2D eigenvalue weighted by Gasteiger charge is 2.25. The van der Waals surface area contributed by atoms with Gasteiger partial charge in [-0.2, -0.15) is 4.98 Å². The summed E-state index contributed by atoms with van der Waals surface area (Å²) in [6.45, 7) is 4.62. The van der Waals surface area contributed by atoms with Crippen molar-refractivity contribution in [2.24, 2.45) is 11.8 Å². The van der Waals surface area contributed by atoms with Crippen LogP contribution in [0.2, 0.25) is 0 Å². The van der Waals surface area contributed by atoms with Crippen molar-refractivity contribution >= 4 is 5.95 Å². The van der Waals surface area contributed by atoms with E-state index < -0.39 is 0 Å². The fourth-order valence-corrected chi connectivity index (χ4v) is 3.27. The first-order valence-corrected chi connectivity index (χ1v) is 8.05. The van der Waals surface area contributed by atoms with Gasteiger partial charge in [0.2, 0.25) is 11.8 Å². The zero-order chi connectivity index (χ0) is 14.7. The molecule has 1 saturated heterocycles. The maximum Gasteiger partial charge on any atom is 0.223 e. The quantitative estimate of drug-likeness (QED) is 0.923. The second-order valence-corrected chi connectivity index (χ2v) is 6.49. The molecule has 2 aliphatic rings. The van der Waals surface area contributed by atoms with E-state index in [4.69, 9.17) is 15.2 Å². The Bertz CT molecular complexity index is 467. The predicted molar refractivity (Wildman–Crippen MR) is 81.2 cm³/mol. The van der Waals surface area contributed by atoms with Gasteiger partial charge < -0.3 is 15.2 Å². The van der Waals surface area contributed by atoms with Crippen LogP contribution in [0.1, 0.15) is 50.5 Å². The molecule has 1 aromatic rings. The highest BCUT2D eigenvalue weighted by atomic mass is 16.5. The number of nitrogens with zero attached hydrogens (tertiary/aromatic N) is 2. The van der Waals surface area contributed by atoms with Gasteiger partial charge in [0.1, 0.15) is 0 Å². The Hall–Kier alpha value is -1.36. The van der Waals surface area contributed by atoms with Gasteiger partial charge in [0.25, 0.3) is 0 Å². The minimum absolute atomic E-state index is 0.292. The number of rotatable bonds is 4. The van der Waals surface area contributed by atoms with Crippen molar-refractivity contribution in [1.82, 2.24) is 9.97 Å². The first-order valence-electron chi connectivity index (χ1n) is 8.05. The second-order valence-electron chi connectivity index (χ2n) is 6.49. The van der Waals surface area contributed by atoms with Crippen LogP contribution < -0.4 is 10.5 Å². The van der Waals surface area contributed by atoms with Crippen LogP contribution in [0.15, 0.2) is 6.20 Å². The van der Waals surface area contributed by atoms with Gasteiger partial charge in [-0.1, -0.05) is 19.8 Å². The third-order valence-electron chi connectivity index (χ3n) is 4.73. The van der Waals surface area contributed by atoms with Crippen molar-refractivity contribution in [2.75, 3.05) is 25.6 Å². The van der Waals surface area contributed by atoms with E-state index in [1.165, 1.54) is 25.7 Å². The van der Waals surface area contributed by atoms with Gasteiger partial charge in [0, 0.05) is 24.3 Å². The number of hydrogen-bond acceptors (Lipinski definition) is 5. The Balaban J connectivity index is 1.69. The van der Waals surface area contributed by atoms with Crippen molar-refractivity contribution in [3.05, 3.63) is 11.8 Å². The van der Waals surface area contributed by atoms with E-state index in [2.05, 4.69) is 16.9 Å². The van der Waals surface area contributed by atoms with Crippen LogP contribution in [0.4, 0.5) is 5.95 Å². The average molecular weight is 291 g/mol. The van der Waals surface area contributed by atoms with Crippen molar-refractivity contribution in [3.8, 4) is 5.88 Å². The summed E-state index contributed by atoms with van der Waals surface area (Å²) in [6, 6.07) is 0. The number of nitrogens with two attached hydrogens (primary N) is 1. The Kier molecular flexibility index (Phi) is 4.58. The molecule has 0 amide bonds. The average Bonchev–Trinajstić information content (AvgIpc) is 3.00. The minimum atomic E-state index is 0.292. The molecule has 1 unspecified atom stereocenters. The lowest BCUT2D eigenvalue weighted by atomic mass is 9.80. The summed E-state index contributed by atoms with van der Waals surface area (Å²) in [6.07, 6.45) is 7.85. The molecule has 116 valence electrons. The van der Waals surface area contributed by atoms with E-state index in [0.717, 1.165) is 31.1 Å². The smallest absolute Gasteiger partial charge is 0.223 e. The molecule has 5 heteroatoms. The molecule has 21 heavy (non-hydrogen) atoms. The summed E-state index contributed by atoms with van der Waals surface area (Å²) >= 11 is 0. The van der Waals surface area contributed by atoms with Gasteiger partial charge in [-0.15, -0.1) is 0 Å². The molecule has 2 N–H and O–H groups in total. The topological polar surface area (TPSA) is 70.3 Å². The maximum absolute atomic E-state index is 5.97. The Labute approximate surface area is 126 Å². The van der Waals surface area contributed by atoms with Gasteiger partial charge in [0.05, 0.1) is 13.2 Å². The summed E-state index contributed by atoms with van der Waals surface area (Å²) in [5, 5.41) is 0. The zero-order valence-electron chi connectivity index (χ0n) is 12.8. The lowest BCUT2D eigenvalue weighted by Crippen LogP contribution is -2.17. The maximum atomic E-state index is 5.97. The minimum Gasteiger partial charge on any atom is -0.477 e. The SMILES string of the molecule is CC1CCC(c2cnc(N)nc2OCC2CCOC2)CC1. The molecular weight excluding hydrogens is 266 g/mol. The van der Waals surface area contributed by atoms with Crippen molar-refractivity contribution < 1.29 is 9.47 Å². The highest BCUT2D eigenvalue weighted by molar-refractivity contribution is 5.33. The summed E-state index contributed by atoms with van der Waals surface area (Å²) in [7, 11) is 0. The molecule has 5 nitrogen and oxygen atoms in total. The molecule has 2 heterocycles. The summed E-state index contributed by atoms with van der Waals surface area (Å²) < 4.78 is 11.4. The van der Waals surface area contributed by atoms with Crippen molar-refractivity contribution in [1.29, 1.82) is 0 Å². The summed E-state index contributed by atoms with van der Waals surface area (Å²) in [5.74, 6) is 2.79. The third kappa shape index (κ3) is 3.64. The zero-order valence-corrected chi connectivity index (χ0v) is 12.8. The second kappa shape index (κ2) is 6.60. The molecule has 1 aliphatic carbocycles.